The van der Waals surface area contributed by atoms with Gasteiger partial charge in [-0.2, -0.15) is 5.10 Å². The van der Waals surface area contributed by atoms with E-state index in [1.54, 1.807) is 31.6 Å². The maximum atomic E-state index is 13.8. The van der Waals surface area contributed by atoms with Crippen LogP contribution in [0.5, 0.6) is 5.88 Å². The molecule has 2 unspecified atom stereocenters. The van der Waals surface area contributed by atoms with Crippen LogP contribution in [0.15, 0.2) is 42.7 Å². The van der Waals surface area contributed by atoms with Crippen molar-refractivity contribution >= 4 is 5.91 Å². The number of fused-ring (bicyclic) bond motifs is 1. The number of ether oxygens (including phenoxy) is 1. The average Bonchev–Trinajstić information content (AvgIpc) is 3.41. The predicted octanol–water partition coefficient (Wildman–Crippen LogP) is 2.81. The first kappa shape index (κ1) is 16.9. The third kappa shape index (κ3) is 2.35. The molecule has 1 spiro atoms. The molecule has 5 rings (SSSR count). The van der Waals surface area contributed by atoms with Gasteiger partial charge in [0.2, 0.25) is 11.8 Å². The Bertz CT molecular complexity index is 1070. The summed E-state index contributed by atoms with van der Waals surface area (Å²) in [6.07, 6.45) is 4.70. The summed E-state index contributed by atoms with van der Waals surface area (Å²) >= 11 is 0. The van der Waals surface area contributed by atoms with Crippen molar-refractivity contribution in [1.29, 1.82) is 0 Å². The molecule has 2 aliphatic rings. The number of pyridine rings is 1. The van der Waals surface area contributed by atoms with E-state index in [0.717, 1.165) is 27.9 Å². The van der Waals surface area contributed by atoms with Crippen molar-refractivity contribution in [2.24, 2.45) is 5.41 Å². The van der Waals surface area contributed by atoms with Crippen molar-refractivity contribution in [3.05, 3.63) is 65.4 Å². The normalized spacial score (nSPS) is 23.1. The highest BCUT2D eigenvalue weighted by atomic mass is 19.1. The molecule has 1 aliphatic carbocycles. The molecule has 6 nitrogen and oxygen atoms in total. The third-order valence-electron chi connectivity index (χ3n) is 5.96. The summed E-state index contributed by atoms with van der Waals surface area (Å²) < 4.78 is 19.4. The van der Waals surface area contributed by atoms with Gasteiger partial charge in [-0.1, -0.05) is 6.07 Å². The average molecular weight is 378 g/mol. The Morgan fingerprint density at radius 3 is 2.89 bits per heavy atom. The van der Waals surface area contributed by atoms with Crippen LogP contribution >= 0.6 is 0 Å². The molecule has 2 aromatic heterocycles. The van der Waals surface area contributed by atoms with Crippen molar-refractivity contribution < 1.29 is 13.9 Å². The SMILES string of the molecule is COc1nc(C2c3ccc(F)cc3CC23CCNC3=O)ccc1-c1cn[nH]c1. The molecule has 7 heteroatoms. The van der Waals surface area contributed by atoms with E-state index in [1.807, 2.05) is 12.1 Å². The fourth-order valence-electron chi connectivity index (χ4n) is 4.71. The molecular formula is C21H19FN4O2. The fourth-order valence-corrected chi connectivity index (χ4v) is 4.71. The Kier molecular flexibility index (Phi) is 3.72. The van der Waals surface area contributed by atoms with Crippen LogP contribution in [0.1, 0.15) is 29.2 Å². The lowest BCUT2D eigenvalue weighted by molar-refractivity contribution is -0.127. The summed E-state index contributed by atoms with van der Waals surface area (Å²) in [5.41, 5.74) is 3.66. The molecule has 0 radical (unpaired) electrons. The Balaban J connectivity index is 1.67. The van der Waals surface area contributed by atoms with Crippen LogP contribution < -0.4 is 10.1 Å². The Labute approximate surface area is 161 Å². The van der Waals surface area contributed by atoms with E-state index < -0.39 is 5.41 Å². The van der Waals surface area contributed by atoms with Crippen LogP contribution in [-0.2, 0) is 11.2 Å². The van der Waals surface area contributed by atoms with Crippen LogP contribution in [-0.4, -0.2) is 34.7 Å². The number of hydrogen-bond donors (Lipinski definition) is 2. The number of methoxy groups -OCH3 is 1. The summed E-state index contributed by atoms with van der Waals surface area (Å²) in [5.74, 6) is -0.0384. The van der Waals surface area contributed by atoms with Crippen molar-refractivity contribution in [3.8, 4) is 17.0 Å². The fraction of sp³-hybridized carbons (Fsp3) is 0.286. The van der Waals surface area contributed by atoms with Crippen molar-refractivity contribution in [2.75, 3.05) is 13.7 Å². The lowest BCUT2D eigenvalue weighted by Gasteiger charge is -2.28. The minimum Gasteiger partial charge on any atom is -0.481 e. The Morgan fingerprint density at radius 1 is 1.29 bits per heavy atom. The van der Waals surface area contributed by atoms with Crippen LogP contribution in [0.3, 0.4) is 0 Å². The summed E-state index contributed by atoms with van der Waals surface area (Å²) in [6.45, 7) is 0.621. The largest absolute Gasteiger partial charge is 0.481 e. The van der Waals surface area contributed by atoms with Crippen LogP contribution in [0.2, 0.25) is 0 Å². The van der Waals surface area contributed by atoms with Crippen molar-refractivity contribution in [3.63, 3.8) is 0 Å². The van der Waals surface area contributed by atoms with E-state index in [2.05, 4.69) is 15.5 Å². The molecule has 1 amide bonds. The number of rotatable bonds is 3. The first-order valence-corrected chi connectivity index (χ1v) is 9.23. The molecule has 0 bridgehead atoms. The second-order valence-corrected chi connectivity index (χ2v) is 7.39. The highest BCUT2D eigenvalue weighted by Gasteiger charge is 2.55. The molecule has 1 saturated heterocycles. The summed E-state index contributed by atoms with van der Waals surface area (Å²) in [6, 6.07) is 8.65. The number of benzene rings is 1. The minimum atomic E-state index is -0.634. The van der Waals surface area contributed by atoms with Gasteiger partial charge in [0.15, 0.2) is 0 Å². The predicted molar refractivity (Wildman–Crippen MR) is 100 cm³/mol. The monoisotopic (exact) mass is 378 g/mol. The first-order valence-electron chi connectivity index (χ1n) is 9.23. The molecule has 1 aliphatic heterocycles. The summed E-state index contributed by atoms with van der Waals surface area (Å²) in [5, 5.41) is 9.73. The highest BCUT2D eigenvalue weighted by Crippen LogP contribution is 2.54. The molecule has 28 heavy (non-hydrogen) atoms. The van der Waals surface area contributed by atoms with Gasteiger partial charge < -0.3 is 10.1 Å². The molecule has 0 saturated carbocycles. The number of aromatic amines is 1. The molecule has 1 aromatic carbocycles. The maximum Gasteiger partial charge on any atom is 0.227 e. The van der Waals surface area contributed by atoms with Gasteiger partial charge in [-0.3, -0.25) is 9.89 Å². The lowest BCUT2D eigenvalue weighted by Crippen LogP contribution is -2.36. The van der Waals surface area contributed by atoms with E-state index in [9.17, 15) is 9.18 Å². The quantitative estimate of drug-likeness (QED) is 0.735. The molecule has 2 atom stereocenters. The second kappa shape index (κ2) is 6.15. The van der Waals surface area contributed by atoms with Crippen LogP contribution in [0.25, 0.3) is 11.1 Å². The van der Waals surface area contributed by atoms with Crippen LogP contribution in [0.4, 0.5) is 4.39 Å². The summed E-state index contributed by atoms with van der Waals surface area (Å²) in [4.78, 5) is 17.6. The van der Waals surface area contributed by atoms with Gasteiger partial charge in [-0.15, -0.1) is 0 Å². The van der Waals surface area contributed by atoms with E-state index in [4.69, 9.17) is 9.72 Å². The van der Waals surface area contributed by atoms with Gasteiger partial charge in [0, 0.05) is 29.8 Å². The van der Waals surface area contributed by atoms with E-state index >= 15 is 0 Å². The minimum absolute atomic E-state index is 0.00814. The van der Waals surface area contributed by atoms with E-state index in [-0.39, 0.29) is 17.6 Å². The zero-order valence-electron chi connectivity index (χ0n) is 15.3. The van der Waals surface area contributed by atoms with E-state index in [0.29, 0.717) is 25.3 Å². The molecule has 1 fully saturated rings. The Hall–Kier alpha value is -3.22. The molecule has 142 valence electrons. The smallest absolute Gasteiger partial charge is 0.227 e. The van der Waals surface area contributed by atoms with Gasteiger partial charge in [0.1, 0.15) is 5.82 Å². The zero-order valence-corrected chi connectivity index (χ0v) is 15.3. The maximum absolute atomic E-state index is 13.8. The number of carbonyl (C=O) groups is 1. The molecule has 3 heterocycles. The van der Waals surface area contributed by atoms with E-state index in [1.165, 1.54) is 6.07 Å². The lowest BCUT2D eigenvalue weighted by atomic mass is 9.73. The zero-order chi connectivity index (χ0) is 19.3. The van der Waals surface area contributed by atoms with Gasteiger partial charge in [0.25, 0.3) is 0 Å². The second-order valence-electron chi connectivity index (χ2n) is 7.39. The Morgan fingerprint density at radius 2 is 2.18 bits per heavy atom. The van der Waals surface area contributed by atoms with Crippen molar-refractivity contribution in [1.82, 2.24) is 20.5 Å². The number of nitrogens with one attached hydrogen (secondary N) is 2. The van der Waals surface area contributed by atoms with Gasteiger partial charge in [0.05, 0.1) is 24.4 Å². The standard InChI is InChI=1S/C21H19FN4O2/c1-28-19-16(13-10-24-25-11-13)4-5-17(26-19)18-15-3-2-14(22)8-12(15)9-21(18)6-7-23-20(21)27/h2-5,8,10-11,18H,6-7,9H2,1H3,(H,23,27)(H,24,25). The molecular weight excluding hydrogens is 359 g/mol. The first-order chi connectivity index (χ1) is 13.6. The topological polar surface area (TPSA) is 79.9 Å². The number of nitrogens with zero attached hydrogens (tertiary/aromatic N) is 2. The van der Waals surface area contributed by atoms with Gasteiger partial charge >= 0.3 is 0 Å². The van der Waals surface area contributed by atoms with Crippen molar-refractivity contribution in [2.45, 2.75) is 18.8 Å². The number of amides is 1. The van der Waals surface area contributed by atoms with Gasteiger partial charge in [-0.25, -0.2) is 9.37 Å². The summed E-state index contributed by atoms with van der Waals surface area (Å²) in [7, 11) is 1.58. The third-order valence-corrected chi connectivity index (χ3v) is 5.96. The number of aromatic nitrogens is 3. The number of carbonyl (C=O) groups excluding carboxylic acids is 1. The van der Waals surface area contributed by atoms with Crippen LogP contribution in [0, 0.1) is 11.2 Å². The molecule has 3 aromatic rings. The number of hydrogen-bond acceptors (Lipinski definition) is 4. The number of halogens is 1. The molecule has 2 N–H and O–H groups in total. The highest BCUT2D eigenvalue weighted by molar-refractivity contribution is 5.88. The van der Waals surface area contributed by atoms with Gasteiger partial charge in [-0.05, 0) is 48.2 Å². The number of H-pyrrole nitrogens is 1.